The Balaban J connectivity index is 3.59. The molecule has 0 aliphatic rings. The van der Waals surface area contributed by atoms with Gasteiger partial charge in [0.25, 0.3) is 0 Å². The van der Waals surface area contributed by atoms with E-state index in [0.717, 1.165) is 0 Å². The molecule has 0 rings (SSSR count). The number of nitrogens with zero attached hydrogens (tertiary/aromatic N) is 1. The van der Waals surface area contributed by atoms with Crippen molar-refractivity contribution in [2.45, 2.75) is 10.8 Å². The van der Waals surface area contributed by atoms with Crippen molar-refractivity contribution in [1.82, 2.24) is 0 Å². The fraction of sp³-hybridized carbons (Fsp3) is 0.750. The number of hydrogen-bond donors (Lipinski definition) is 0. The summed E-state index contributed by atoms with van der Waals surface area (Å²) in [6, 6.07) is 1.69. The monoisotopic (exact) mass is 171 g/mol. The molecule has 0 amide bonds. The number of halogens is 3. The summed E-state index contributed by atoms with van der Waals surface area (Å²) in [5.41, 5.74) is 0. The van der Waals surface area contributed by atoms with Crippen LogP contribution in [0.2, 0.25) is 0 Å². The molecule has 8 heavy (non-hydrogen) atoms. The molecule has 0 atom stereocenters. The molecule has 0 spiro atoms. The predicted molar refractivity (Wildman–Crippen MR) is 35.4 cm³/mol. The van der Waals surface area contributed by atoms with Gasteiger partial charge in [-0.1, -0.05) is 23.2 Å². The van der Waals surface area contributed by atoms with Gasteiger partial charge in [-0.25, -0.2) is 0 Å². The van der Waals surface area contributed by atoms with E-state index >= 15 is 0 Å². The first kappa shape index (κ1) is 8.36. The van der Waals surface area contributed by atoms with Crippen molar-refractivity contribution in [2.24, 2.45) is 0 Å². The first-order chi connectivity index (χ1) is 3.62. The number of alkyl halides is 3. The molecule has 0 saturated heterocycles. The second-order valence-electron chi connectivity index (χ2n) is 1.26. The summed E-state index contributed by atoms with van der Waals surface area (Å²) in [6.45, 7) is 0. The number of hydrogen-bond acceptors (Lipinski definition) is 1. The predicted octanol–water partition coefficient (Wildman–Crippen LogP) is 2.31. The van der Waals surface area contributed by atoms with Crippen molar-refractivity contribution in [3.63, 3.8) is 0 Å². The third-order valence-corrected chi connectivity index (χ3v) is 1.31. The normalized spacial score (nSPS) is 10.8. The molecule has 0 aromatic heterocycles. The fourth-order valence-electron chi connectivity index (χ4n) is 0.175. The number of nitriles is 1. The first-order valence-electron chi connectivity index (χ1n) is 1.97. The van der Waals surface area contributed by atoms with Crippen molar-refractivity contribution in [2.75, 3.05) is 5.88 Å². The van der Waals surface area contributed by atoms with E-state index in [1.54, 1.807) is 6.07 Å². The Kier molecular flexibility index (Phi) is 3.55. The third kappa shape index (κ3) is 3.37. The van der Waals surface area contributed by atoms with Crippen molar-refractivity contribution in [3.05, 3.63) is 0 Å². The van der Waals surface area contributed by atoms with Crippen LogP contribution in [0.1, 0.15) is 6.42 Å². The van der Waals surface area contributed by atoms with Crippen molar-refractivity contribution in [3.8, 4) is 6.07 Å². The molecular formula is C4H4Cl3N. The zero-order valence-electron chi connectivity index (χ0n) is 4.00. The summed E-state index contributed by atoms with van der Waals surface area (Å²) in [5, 5.41) is 8.15. The summed E-state index contributed by atoms with van der Waals surface area (Å²) < 4.78 is -1.29. The standard InChI is InChI=1S/C4H4Cl3N/c5-2-1-4(6,7)3-8/h1-2H2. The van der Waals surface area contributed by atoms with Gasteiger partial charge in [0, 0.05) is 12.3 Å². The molecule has 1 nitrogen and oxygen atoms in total. The molecule has 0 aromatic carbocycles. The topological polar surface area (TPSA) is 23.8 Å². The third-order valence-electron chi connectivity index (χ3n) is 0.572. The maximum absolute atomic E-state index is 8.15. The van der Waals surface area contributed by atoms with Gasteiger partial charge in [0.1, 0.15) is 6.07 Å². The highest BCUT2D eigenvalue weighted by Crippen LogP contribution is 2.23. The average Bonchev–Trinajstić information content (AvgIpc) is 1.67. The summed E-state index contributed by atoms with van der Waals surface area (Å²) in [6.07, 6.45) is 0.300. The Morgan fingerprint density at radius 2 is 2.00 bits per heavy atom. The molecule has 0 heterocycles. The van der Waals surface area contributed by atoms with E-state index in [4.69, 9.17) is 40.1 Å². The van der Waals surface area contributed by atoms with Crippen LogP contribution >= 0.6 is 34.8 Å². The van der Waals surface area contributed by atoms with E-state index in [9.17, 15) is 0 Å². The number of rotatable bonds is 2. The Morgan fingerprint density at radius 3 is 2.12 bits per heavy atom. The Labute approximate surface area is 63.1 Å². The van der Waals surface area contributed by atoms with Gasteiger partial charge in [-0.05, 0) is 0 Å². The zero-order chi connectivity index (χ0) is 6.62. The quantitative estimate of drug-likeness (QED) is 0.587. The maximum Gasteiger partial charge on any atom is 0.204 e. The Bertz CT molecular complexity index is 104. The van der Waals surface area contributed by atoms with Crippen LogP contribution in [0.25, 0.3) is 0 Å². The van der Waals surface area contributed by atoms with Gasteiger partial charge in [0.15, 0.2) is 0 Å². The van der Waals surface area contributed by atoms with Crippen LogP contribution in [0.3, 0.4) is 0 Å². The lowest BCUT2D eigenvalue weighted by Gasteiger charge is -2.04. The van der Waals surface area contributed by atoms with Gasteiger partial charge in [-0.3, -0.25) is 0 Å². The van der Waals surface area contributed by atoms with Gasteiger partial charge in [-0.2, -0.15) is 5.26 Å². The highest BCUT2D eigenvalue weighted by atomic mass is 35.5. The van der Waals surface area contributed by atoms with E-state index in [-0.39, 0.29) is 0 Å². The van der Waals surface area contributed by atoms with Gasteiger partial charge >= 0.3 is 0 Å². The van der Waals surface area contributed by atoms with Crippen LogP contribution < -0.4 is 0 Å². The minimum absolute atomic E-state index is 0.300. The molecule has 0 aromatic rings. The van der Waals surface area contributed by atoms with Crippen molar-refractivity contribution < 1.29 is 0 Å². The van der Waals surface area contributed by atoms with Gasteiger partial charge < -0.3 is 0 Å². The lowest BCUT2D eigenvalue weighted by atomic mass is 10.3. The van der Waals surface area contributed by atoms with Gasteiger partial charge in [0.05, 0.1) is 0 Å². The second-order valence-corrected chi connectivity index (χ2v) is 3.12. The van der Waals surface area contributed by atoms with E-state index < -0.39 is 4.33 Å². The fourth-order valence-corrected chi connectivity index (χ4v) is 0.840. The Morgan fingerprint density at radius 1 is 1.50 bits per heavy atom. The van der Waals surface area contributed by atoms with Crippen LogP contribution in [0.15, 0.2) is 0 Å². The summed E-state index contributed by atoms with van der Waals surface area (Å²) >= 11 is 15.9. The highest BCUT2D eigenvalue weighted by molar-refractivity contribution is 6.50. The van der Waals surface area contributed by atoms with Crippen molar-refractivity contribution in [1.29, 1.82) is 5.26 Å². The summed E-state index contributed by atoms with van der Waals surface area (Å²) in [4.78, 5) is 0. The summed E-state index contributed by atoms with van der Waals surface area (Å²) in [7, 11) is 0. The van der Waals surface area contributed by atoms with Crippen LogP contribution in [-0.2, 0) is 0 Å². The van der Waals surface area contributed by atoms with E-state index in [0.29, 0.717) is 12.3 Å². The van der Waals surface area contributed by atoms with Gasteiger partial charge in [0.2, 0.25) is 4.33 Å². The van der Waals surface area contributed by atoms with Crippen molar-refractivity contribution >= 4 is 34.8 Å². The largest absolute Gasteiger partial charge is 0.204 e. The van der Waals surface area contributed by atoms with E-state index in [1.807, 2.05) is 0 Å². The van der Waals surface area contributed by atoms with E-state index in [1.165, 1.54) is 0 Å². The molecule has 46 valence electrons. The lowest BCUT2D eigenvalue weighted by molar-refractivity contribution is 0.915. The molecule has 0 N–H and O–H groups in total. The first-order valence-corrected chi connectivity index (χ1v) is 3.26. The molecule has 0 aliphatic heterocycles. The molecule has 0 bridgehead atoms. The van der Waals surface area contributed by atoms with Crippen LogP contribution in [0.5, 0.6) is 0 Å². The molecule has 0 saturated carbocycles. The smallest absolute Gasteiger partial charge is 0.195 e. The second kappa shape index (κ2) is 3.40. The molecule has 0 fully saturated rings. The molecule has 0 unspecified atom stereocenters. The average molecular weight is 172 g/mol. The Hall–Kier alpha value is 0.360. The van der Waals surface area contributed by atoms with Gasteiger partial charge in [-0.15, -0.1) is 11.6 Å². The van der Waals surface area contributed by atoms with Crippen LogP contribution in [0, 0.1) is 11.3 Å². The highest BCUT2D eigenvalue weighted by Gasteiger charge is 2.21. The molecule has 4 heteroatoms. The molecule has 0 aliphatic carbocycles. The van der Waals surface area contributed by atoms with Crippen LogP contribution in [0.4, 0.5) is 0 Å². The maximum atomic E-state index is 8.15. The minimum Gasteiger partial charge on any atom is -0.195 e. The minimum atomic E-state index is -1.29. The SMILES string of the molecule is N#CC(Cl)(Cl)CCCl. The lowest BCUT2D eigenvalue weighted by Crippen LogP contribution is -2.08. The summed E-state index contributed by atoms with van der Waals surface area (Å²) in [5.74, 6) is 0.306. The van der Waals surface area contributed by atoms with Crippen LogP contribution in [-0.4, -0.2) is 10.2 Å². The zero-order valence-corrected chi connectivity index (χ0v) is 6.26. The molecular weight excluding hydrogens is 168 g/mol. The molecule has 0 radical (unpaired) electrons. The van der Waals surface area contributed by atoms with E-state index in [2.05, 4.69) is 0 Å².